The smallest absolute Gasteiger partial charge is 0.335 e. The number of amides is 4. The van der Waals surface area contributed by atoms with E-state index >= 15 is 0 Å². The van der Waals surface area contributed by atoms with Gasteiger partial charge in [-0.05, 0) is 29.8 Å². The quantitative estimate of drug-likeness (QED) is 0.349. The predicted molar refractivity (Wildman–Crippen MR) is 101 cm³/mol. The number of fused-ring (bicyclic) bond motifs is 1. The molecule has 0 radical (unpaired) electrons. The summed E-state index contributed by atoms with van der Waals surface area (Å²) < 4.78 is 15.4. The zero-order valence-electron chi connectivity index (χ0n) is 15.4. The van der Waals surface area contributed by atoms with Crippen molar-refractivity contribution in [1.82, 2.24) is 5.32 Å². The zero-order chi connectivity index (χ0) is 21.4. The van der Waals surface area contributed by atoms with Gasteiger partial charge in [-0.25, -0.2) is 9.69 Å². The Kier molecular flexibility index (Phi) is 4.54. The van der Waals surface area contributed by atoms with Crippen LogP contribution in [0.15, 0.2) is 42.0 Å². The van der Waals surface area contributed by atoms with E-state index < -0.39 is 22.8 Å². The van der Waals surface area contributed by atoms with Gasteiger partial charge in [-0.1, -0.05) is 6.07 Å². The Bertz CT molecular complexity index is 1140. The Morgan fingerprint density at radius 1 is 1.13 bits per heavy atom. The second kappa shape index (κ2) is 7.20. The van der Waals surface area contributed by atoms with Gasteiger partial charge in [0.1, 0.15) is 5.57 Å². The third-order valence-corrected chi connectivity index (χ3v) is 4.43. The second-order valence-electron chi connectivity index (χ2n) is 6.18. The number of anilines is 1. The molecule has 2 aromatic carbocycles. The molecule has 1 saturated heterocycles. The van der Waals surface area contributed by atoms with E-state index in [0.717, 1.165) is 17.0 Å². The lowest BCUT2D eigenvalue weighted by Gasteiger charge is -2.26. The van der Waals surface area contributed by atoms with Crippen molar-refractivity contribution < 1.29 is 33.5 Å². The minimum absolute atomic E-state index is 0.0127. The first-order valence-electron chi connectivity index (χ1n) is 8.52. The predicted octanol–water partition coefficient (Wildman–Crippen LogP) is 2.00. The molecule has 2 aliphatic heterocycles. The van der Waals surface area contributed by atoms with Crippen molar-refractivity contribution in [2.24, 2.45) is 0 Å². The van der Waals surface area contributed by atoms with Crippen LogP contribution in [0.2, 0.25) is 0 Å². The number of hydrogen-bond donors (Lipinski definition) is 1. The number of rotatable bonds is 4. The van der Waals surface area contributed by atoms with Crippen LogP contribution in [0, 0.1) is 10.1 Å². The average Bonchev–Trinajstić information content (AvgIpc) is 3.18. The van der Waals surface area contributed by atoms with Gasteiger partial charge in [-0.2, -0.15) is 0 Å². The number of urea groups is 1. The molecule has 1 fully saturated rings. The molecule has 2 aromatic rings. The standard InChI is InChI=1S/C19H13N3O8/c1-28-14-4-2-10(7-13(14)22(26)27)6-12-17(23)20-19(25)21(18(12)24)11-3-5-15-16(8-11)30-9-29-15/h2-8H,9H2,1H3,(H,20,23,25)/b12-6+. The highest BCUT2D eigenvalue weighted by Crippen LogP contribution is 2.36. The number of carbonyl (C=O) groups is 3. The molecule has 11 nitrogen and oxygen atoms in total. The van der Waals surface area contributed by atoms with Gasteiger partial charge >= 0.3 is 11.7 Å². The van der Waals surface area contributed by atoms with Crippen LogP contribution in [0.5, 0.6) is 17.2 Å². The summed E-state index contributed by atoms with van der Waals surface area (Å²) in [6.45, 7) is 0.0127. The first kappa shape index (κ1) is 18.9. The van der Waals surface area contributed by atoms with Crippen LogP contribution in [0.25, 0.3) is 6.08 Å². The van der Waals surface area contributed by atoms with Gasteiger partial charge in [0.05, 0.1) is 17.7 Å². The Hall–Kier alpha value is -4.41. The minimum Gasteiger partial charge on any atom is -0.490 e. The van der Waals surface area contributed by atoms with E-state index in [0.29, 0.717) is 11.5 Å². The molecule has 0 unspecified atom stereocenters. The number of methoxy groups -OCH3 is 1. The highest BCUT2D eigenvalue weighted by atomic mass is 16.7. The lowest BCUT2D eigenvalue weighted by atomic mass is 10.1. The van der Waals surface area contributed by atoms with E-state index in [-0.39, 0.29) is 35.1 Å². The van der Waals surface area contributed by atoms with Crippen LogP contribution in [-0.4, -0.2) is 36.7 Å². The molecule has 4 rings (SSSR count). The van der Waals surface area contributed by atoms with Crippen molar-refractivity contribution in [3.8, 4) is 17.2 Å². The minimum atomic E-state index is -0.929. The van der Waals surface area contributed by atoms with Crippen molar-refractivity contribution in [2.45, 2.75) is 0 Å². The molecule has 11 heteroatoms. The summed E-state index contributed by atoms with van der Waals surface area (Å²) in [6.07, 6.45) is 1.16. The van der Waals surface area contributed by atoms with Gasteiger partial charge in [0.15, 0.2) is 17.2 Å². The number of nitro groups is 1. The number of imide groups is 2. The molecule has 4 amide bonds. The zero-order valence-corrected chi connectivity index (χ0v) is 15.4. The molecule has 0 saturated carbocycles. The van der Waals surface area contributed by atoms with Crippen molar-refractivity contribution in [3.05, 3.63) is 57.6 Å². The summed E-state index contributed by atoms with van der Waals surface area (Å²) in [6, 6.07) is 7.46. The number of carbonyl (C=O) groups excluding carboxylic acids is 3. The Balaban J connectivity index is 1.73. The molecule has 1 N–H and O–H groups in total. The van der Waals surface area contributed by atoms with Crippen LogP contribution in [-0.2, 0) is 9.59 Å². The maximum Gasteiger partial charge on any atom is 0.335 e. The fraction of sp³-hybridized carbons (Fsp3) is 0.105. The number of ether oxygens (including phenoxy) is 3. The number of nitro benzene ring substituents is 1. The summed E-state index contributed by atoms with van der Waals surface area (Å²) in [4.78, 5) is 48.9. The van der Waals surface area contributed by atoms with E-state index in [1.165, 1.54) is 37.4 Å². The van der Waals surface area contributed by atoms with Gasteiger partial charge in [-0.15, -0.1) is 0 Å². The van der Waals surface area contributed by atoms with Crippen LogP contribution in [0.4, 0.5) is 16.2 Å². The summed E-state index contributed by atoms with van der Waals surface area (Å²) in [5, 5.41) is 13.3. The van der Waals surface area contributed by atoms with Gasteiger partial charge in [0.2, 0.25) is 6.79 Å². The van der Waals surface area contributed by atoms with Crippen molar-refractivity contribution >= 4 is 35.3 Å². The SMILES string of the molecule is COc1ccc(/C=C2\C(=O)NC(=O)N(c3ccc4c(c3)OCO4)C2=O)cc1[N+](=O)[O-]. The van der Waals surface area contributed by atoms with Gasteiger partial charge in [0, 0.05) is 12.1 Å². The lowest BCUT2D eigenvalue weighted by molar-refractivity contribution is -0.385. The van der Waals surface area contributed by atoms with Gasteiger partial charge in [-0.3, -0.25) is 25.0 Å². The number of benzene rings is 2. The van der Waals surface area contributed by atoms with E-state index in [9.17, 15) is 24.5 Å². The molecular weight excluding hydrogens is 398 g/mol. The van der Waals surface area contributed by atoms with E-state index in [1.807, 2.05) is 0 Å². The lowest BCUT2D eigenvalue weighted by Crippen LogP contribution is -2.54. The fourth-order valence-corrected chi connectivity index (χ4v) is 3.02. The van der Waals surface area contributed by atoms with Crippen molar-refractivity contribution in [3.63, 3.8) is 0 Å². The molecule has 2 aliphatic rings. The highest BCUT2D eigenvalue weighted by molar-refractivity contribution is 6.39. The average molecular weight is 411 g/mol. The topological polar surface area (TPSA) is 137 Å². The van der Waals surface area contributed by atoms with Crippen LogP contribution < -0.4 is 24.4 Å². The maximum atomic E-state index is 12.9. The third kappa shape index (κ3) is 3.17. The first-order valence-corrected chi connectivity index (χ1v) is 8.52. The van der Waals surface area contributed by atoms with Gasteiger partial charge < -0.3 is 14.2 Å². The van der Waals surface area contributed by atoms with E-state index in [1.54, 1.807) is 0 Å². The number of nitrogens with one attached hydrogen (secondary N) is 1. The molecule has 30 heavy (non-hydrogen) atoms. The van der Waals surface area contributed by atoms with E-state index in [2.05, 4.69) is 5.32 Å². The van der Waals surface area contributed by atoms with Crippen LogP contribution in [0.3, 0.4) is 0 Å². The van der Waals surface area contributed by atoms with Gasteiger partial charge in [0.25, 0.3) is 11.8 Å². The number of hydrogen-bond acceptors (Lipinski definition) is 8. The highest BCUT2D eigenvalue weighted by Gasteiger charge is 2.37. The maximum absolute atomic E-state index is 12.9. The molecule has 0 aromatic heterocycles. The monoisotopic (exact) mass is 411 g/mol. The van der Waals surface area contributed by atoms with Crippen molar-refractivity contribution in [1.29, 1.82) is 0 Å². The van der Waals surface area contributed by atoms with Crippen LogP contribution >= 0.6 is 0 Å². The Morgan fingerprint density at radius 2 is 1.90 bits per heavy atom. The molecule has 0 atom stereocenters. The summed E-state index contributed by atoms with van der Waals surface area (Å²) in [5.41, 5.74) is -0.326. The first-order chi connectivity index (χ1) is 14.4. The molecule has 2 heterocycles. The third-order valence-electron chi connectivity index (χ3n) is 4.43. The fourth-order valence-electron chi connectivity index (χ4n) is 3.02. The molecule has 0 spiro atoms. The molecule has 152 valence electrons. The normalized spacial score (nSPS) is 16.6. The summed E-state index contributed by atoms with van der Waals surface area (Å²) >= 11 is 0. The summed E-state index contributed by atoms with van der Waals surface area (Å²) in [7, 11) is 1.29. The molecular formula is C19H13N3O8. The van der Waals surface area contributed by atoms with Crippen molar-refractivity contribution in [2.75, 3.05) is 18.8 Å². The largest absolute Gasteiger partial charge is 0.490 e. The second-order valence-corrected chi connectivity index (χ2v) is 6.18. The Morgan fingerprint density at radius 3 is 2.63 bits per heavy atom. The number of barbiturate groups is 1. The number of nitrogens with zero attached hydrogens (tertiary/aromatic N) is 2. The van der Waals surface area contributed by atoms with E-state index in [4.69, 9.17) is 14.2 Å². The summed E-state index contributed by atoms with van der Waals surface area (Å²) in [5.74, 6) is -0.970. The molecule has 0 aliphatic carbocycles. The molecule has 0 bridgehead atoms. The Labute approximate surface area is 168 Å². The van der Waals surface area contributed by atoms with Crippen LogP contribution in [0.1, 0.15) is 5.56 Å².